The monoisotopic (exact) mass is 324 g/mol. The molecule has 0 aliphatic rings. The first-order chi connectivity index (χ1) is 9.95. The summed E-state index contributed by atoms with van der Waals surface area (Å²) in [6.07, 6.45) is 1.67. The first-order valence-corrected chi connectivity index (χ1v) is 9.22. The number of rotatable bonds is 6. The standard InChI is InChI=1S/C15H20N2O2S2/c1-3-6-13(14-8-5-10-20-14)17-21(18,19)15-9-4-7-12(16)11(15)2/h4-5,7-10,13,17H,3,6,16H2,1-2H3. The van der Waals surface area contributed by atoms with Gasteiger partial charge < -0.3 is 5.73 Å². The van der Waals surface area contributed by atoms with Crippen LogP contribution < -0.4 is 10.5 Å². The minimum Gasteiger partial charge on any atom is -0.398 e. The molecule has 0 bridgehead atoms. The van der Waals surface area contributed by atoms with Crippen molar-refractivity contribution in [2.75, 3.05) is 5.73 Å². The smallest absolute Gasteiger partial charge is 0.241 e. The molecule has 0 amide bonds. The van der Waals surface area contributed by atoms with Gasteiger partial charge in [0, 0.05) is 10.6 Å². The van der Waals surface area contributed by atoms with Crippen molar-refractivity contribution in [3.05, 3.63) is 46.2 Å². The first kappa shape index (κ1) is 16.0. The second-order valence-electron chi connectivity index (χ2n) is 4.95. The average Bonchev–Trinajstić information content (AvgIpc) is 2.95. The van der Waals surface area contributed by atoms with E-state index in [0.29, 0.717) is 11.3 Å². The van der Waals surface area contributed by atoms with E-state index < -0.39 is 10.0 Å². The van der Waals surface area contributed by atoms with Crippen LogP contribution in [0.1, 0.15) is 36.2 Å². The molecule has 0 aliphatic carbocycles. The molecule has 4 nitrogen and oxygen atoms in total. The lowest BCUT2D eigenvalue weighted by molar-refractivity contribution is 0.539. The number of hydrogen-bond acceptors (Lipinski definition) is 4. The molecule has 0 spiro atoms. The van der Waals surface area contributed by atoms with Gasteiger partial charge in [-0.05, 0) is 42.5 Å². The van der Waals surface area contributed by atoms with Gasteiger partial charge in [0.1, 0.15) is 0 Å². The summed E-state index contributed by atoms with van der Waals surface area (Å²) in [5, 5.41) is 1.96. The molecule has 6 heteroatoms. The zero-order chi connectivity index (χ0) is 15.5. The lowest BCUT2D eigenvalue weighted by Gasteiger charge is -2.18. The minimum atomic E-state index is -3.58. The fraction of sp³-hybridized carbons (Fsp3) is 0.333. The third-order valence-electron chi connectivity index (χ3n) is 3.38. The number of sulfonamides is 1. The van der Waals surface area contributed by atoms with Gasteiger partial charge in [0.05, 0.1) is 10.9 Å². The van der Waals surface area contributed by atoms with Crippen LogP contribution >= 0.6 is 11.3 Å². The Morgan fingerprint density at radius 1 is 1.29 bits per heavy atom. The number of hydrogen-bond donors (Lipinski definition) is 2. The summed E-state index contributed by atoms with van der Waals surface area (Å²) in [5.41, 5.74) is 6.89. The summed E-state index contributed by atoms with van der Waals surface area (Å²) in [4.78, 5) is 1.28. The lowest BCUT2D eigenvalue weighted by atomic mass is 10.1. The molecule has 0 radical (unpaired) electrons. The molecule has 1 aromatic carbocycles. The zero-order valence-electron chi connectivity index (χ0n) is 12.2. The molecule has 1 aromatic heterocycles. The normalized spacial score (nSPS) is 13.2. The van der Waals surface area contributed by atoms with Crippen molar-refractivity contribution >= 4 is 27.0 Å². The van der Waals surface area contributed by atoms with Gasteiger partial charge in [-0.25, -0.2) is 13.1 Å². The molecule has 2 aromatic rings. The quantitative estimate of drug-likeness (QED) is 0.799. The van der Waals surface area contributed by atoms with E-state index >= 15 is 0 Å². The molecule has 114 valence electrons. The Bertz CT molecular complexity index is 694. The van der Waals surface area contributed by atoms with Crippen molar-refractivity contribution in [1.82, 2.24) is 4.72 Å². The summed E-state index contributed by atoms with van der Waals surface area (Å²) < 4.78 is 28.1. The van der Waals surface area contributed by atoms with Gasteiger partial charge >= 0.3 is 0 Å². The van der Waals surface area contributed by atoms with E-state index in [1.165, 1.54) is 0 Å². The average molecular weight is 324 g/mol. The van der Waals surface area contributed by atoms with Gasteiger partial charge in [0.25, 0.3) is 0 Å². The maximum atomic E-state index is 12.6. The Balaban J connectivity index is 2.33. The van der Waals surface area contributed by atoms with Crippen LogP contribution in [0.3, 0.4) is 0 Å². The van der Waals surface area contributed by atoms with Crippen molar-refractivity contribution in [1.29, 1.82) is 0 Å². The third-order valence-corrected chi connectivity index (χ3v) is 5.98. The van der Waals surface area contributed by atoms with E-state index in [1.54, 1.807) is 36.5 Å². The molecule has 1 unspecified atom stereocenters. The highest BCUT2D eigenvalue weighted by atomic mass is 32.2. The molecule has 1 heterocycles. The zero-order valence-corrected chi connectivity index (χ0v) is 13.8. The highest BCUT2D eigenvalue weighted by Gasteiger charge is 2.23. The number of nitrogen functional groups attached to an aromatic ring is 1. The Morgan fingerprint density at radius 2 is 2.05 bits per heavy atom. The number of benzene rings is 1. The predicted octanol–water partition coefficient (Wildman–Crippen LogP) is 3.46. The van der Waals surface area contributed by atoms with Gasteiger partial charge in [0.15, 0.2) is 0 Å². The molecule has 0 aliphatic heterocycles. The predicted molar refractivity (Wildman–Crippen MR) is 87.9 cm³/mol. The molecule has 1 atom stereocenters. The molecule has 0 saturated carbocycles. The van der Waals surface area contributed by atoms with E-state index in [9.17, 15) is 8.42 Å². The fourth-order valence-corrected chi connectivity index (χ4v) is 4.62. The van der Waals surface area contributed by atoms with E-state index in [4.69, 9.17) is 5.73 Å². The summed E-state index contributed by atoms with van der Waals surface area (Å²) in [6, 6.07) is 8.66. The number of thiophene rings is 1. The van der Waals surface area contributed by atoms with Crippen molar-refractivity contribution in [2.24, 2.45) is 0 Å². The first-order valence-electron chi connectivity index (χ1n) is 6.86. The van der Waals surface area contributed by atoms with E-state index in [-0.39, 0.29) is 10.9 Å². The highest BCUT2D eigenvalue weighted by Crippen LogP contribution is 2.27. The van der Waals surface area contributed by atoms with Crippen LogP contribution in [0.2, 0.25) is 0 Å². The Morgan fingerprint density at radius 3 is 2.67 bits per heavy atom. The highest BCUT2D eigenvalue weighted by molar-refractivity contribution is 7.89. The summed E-state index contributed by atoms with van der Waals surface area (Å²) >= 11 is 1.56. The van der Waals surface area contributed by atoms with Gasteiger partial charge in [-0.2, -0.15) is 0 Å². The molecule has 0 saturated heterocycles. The van der Waals surface area contributed by atoms with Crippen LogP contribution in [0.5, 0.6) is 0 Å². The largest absolute Gasteiger partial charge is 0.398 e. The van der Waals surface area contributed by atoms with Crippen molar-refractivity contribution in [3.63, 3.8) is 0 Å². The Kier molecular flexibility index (Phi) is 5.03. The van der Waals surface area contributed by atoms with Crippen LogP contribution in [0.25, 0.3) is 0 Å². The summed E-state index contributed by atoms with van der Waals surface area (Å²) in [5.74, 6) is 0. The summed E-state index contributed by atoms with van der Waals surface area (Å²) in [7, 11) is -3.58. The van der Waals surface area contributed by atoms with E-state index in [1.807, 2.05) is 24.4 Å². The second kappa shape index (κ2) is 6.60. The Hall–Kier alpha value is -1.37. The second-order valence-corrected chi connectivity index (χ2v) is 7.61. The van der Waals surface area contributed by atoms with Crippen molar-refractivity contribution in [2.45, 2.75) is 37.6 Å². The van der Waals surface area contributed by atoms with Crippen LogP contribution in [0.4, 0.5) is 5.69 Å². The number of nitrogens with one attached hydrogen (secondary N) is 1. The summed E-state index contributed by atoms with van der Waals surface area (Å²) in [6.45, 7) is 3.77. The van der Waals surface area contributed by atoms with E-state index in [0.717, 1.165) is 17.7 Å². The molecular formula is C15H20N2O2S2. The van der Waals surface area contributed by atoms with Crippen LogP contribution in [0, 0.1) is 6.92 Å². The SMILES string of the molecule is CCCC(NS(=O)(=O)c1cccc(N)c1C)c1cccs1. The van der Waals surface area contributed by atoms with Crippen LogP contribution in [-0.2, 0) is 10.0 Å². The third kappa shape index (κ3) is 3.64. The molecule has 0 fully saturated rings. The van der Waals surface area contributed by atoms with Crippen LogP contribution in [0.15, 0.2) is 40.6 Å². The Labute approximate surface area is 130 Å². The topological polar surface area (TPSA) is 72.2 Å². The van der Waals surface area contributed by atoms with Crippen molar-refractivity contribution in [3.8, 4) is 0 Å². The fourth-order valence-electron chi connectivity index (χ4n) is 2.21. The number of anilines is 1. The van der Waals surface area contributed by atoms with Gasteiger partial charge in [-0.3, -0.25) is 0 Å². The molecule has 2 rings (SSSR count). The van der Waals surface area contributed by atoms with Gasteiger partial charge in [-0.1, -0.05) is 25.5 Å². The number of nitrogens with two attached hydrogens (primary N) is 1. The van der Waals surface area contributed by atoms with E-state index in [2.05, 4.69) is 4.72 Å². The van der Waals surface area contributed by atoms with Gasteiger partial charge in [0.2, 0.25) is 10.0 Å². The van der Waals surface area contributed by atoms with Crippen LogP contribution in [-0.4, -0.2) is 8.42 Å². The maximum absolute atomic E-state index is 12.6. The lowest BCUT2D eigenvalue weighted by Crippen LogP contribution is -2.28. The minimum absolute atomic E-state index is 0.194. The van der Waals surface area contributed by atoms with Crippen molar-refractivity contribution < 1.29 is 8.42 Å². The molecule has 3 N–H and O–H groups in total. The maximum Gasteiger partial charge on any atom is 0.241 e. The molecular weight excluding hydrogens is 304 g/mol. The van der Waals surface area contributed by atoms with Gasteiger partial charge in [-0.15, -0.1) is 11.3 Å². The molecule has 21 heavy (non-hydrogen) atoms.